The molecule has 0 aliphatic rings. The molecule has 0 atom stereocenters. The molecular weight excluding hydrogens is 332 g/mol. The summed E-state index contributed by atoms with van der Waals surface area (Å²) in [6, 6.07) is 6.69. The van der Waals surface area contributed by atoms with Gasteiger partial charge in [-0.05, 0) is 37.1 Å². The van der Waals surface area contributed by atoms with Crippen molar-refractivity contribution in [3.05, 3.63) is 56.2 Å². The predicted molar refractivity (Wildman–Crippen MR) is 92.7 cm³/mol. The number of benzene rings is 1. The molecule has 0 bridgehead atoms. The molecule has 2 aromatic heterocycles. The van der Waals surface area contributed by atoms with E-state index in [2.05, 4.69) is 9.97 Å². The Hall–Kier alpha value is -2.12. The van der Waals surface area contributed by atoms with Gasteiger partial charge in [0.1, 0.15) is 4.83 Å². The largest absolute Gasteiger partial charge is 0.478 e. The number of aromatic amines is 1. The number of carboxylic acid groups (broad SMARTS) is 1. The minimum absolute atomic E-state index is 0.111. The first-order chi connectivity index (χ1) is 11.0. The summed E-state index contributed by atoms with van der Waals surface area (Å²) in [7, 11) is 0. The number of aromatic carboxylic acids is 1. The summed E-state index contributed by atoms with van der Waals surface area (Å²) >= 11 is 2.95. The van der Waals surface area contributed by atoms with E-state index in [1.54, 1.807) is 24.3 Å². The zero-order valence-corrected chi connectivity index (χ0v) is 14.2. The van der Waals surface area contributed by atoms with Gasteiger partial charge in [-0.25, -0.2) is 9.78 Å². The van der Waals surface area contributed by atoms with Gasteiger partial charge in [0, 0.05) is 10.6 Å². The predicted octanol–water partition coefficient (Wildman–Crippen LogP) is 3.59. The van der Waals surface area contributed by atoms with E-state index in [9.17, 15) is 9.59 Å². The van der Waals surface area contributed by atoms with Crippen molar-refractivity contribution in [2.75, 3.05) is 0 Å². The van der Waals surface area contributed by atoms with Gasteiger partial charge >= 0.3 is 5.97 Å². The fourth-order valence-electron chi connectivity index (χ4n) is 2.20. The third kappa shape index (κ3) is 3.16. The van der Waals surface area contributed by atoms with E-state index in [-0.39, 0.29) is 11.1 Å². The number of H-pyrrole nitrogens is 1. The van der Waals surface area contributed by atoms with Gasteiger partial charge in [0.15, 0.2) is 5.16 Å². The molecule has 0 aliphatic carbocycles. The maximum atomic E-state index is 12.2. The van der Waals surface area contributed by atoms with Crippen LogP contribution in [0.4, 0.5) is 0 Å². The van der Waals surface area contributed by atoms with Gasteiger partial charge in [-0.3, -0.25) is 4.79 Å². The van der Waals surface area contributed by atoms with Crippen LogP contribution in [0.1, 0.15) is 26.4 Å². The SMILES string of the molecule is Cc1sc2nc(SCc3ccc(C(=O)O)cc3)[nH]c(=O)c2c1C. The number of aromatic nitrogens is 2. The van der Waals surface area contributed by atoms with Crippen LogP contribution < -0.4 is 5.56 Å². The third-order valence-electron chi connectivity index (χ3n) is 3.59. The highest BCUT2D eigenvalue weighted by Crippen LogP contribution is 2.28. The average molecular weight is 346 g/mol. The first kappa shape index (κ1) is 15.8. The number of rotatable bonds is 4. The Kier molecular flexibility index (Phi) is 4.23. The zero-order chi connectivity index (χ0) is 16.6. The molecule has 0 saturated heterocycles. The van der Waals surface area contributed by atoms with E-state index < -0.39 is 5.97 Å². The number of nitrogens with zero attached hydrogens (tertiary/aromatic N) is 1. The topological polar surface area (TPSA) is 83.0 Å². The molecule has 0 unspecified atom stereocenters. The highest BCUT2D eigenvalue weighted by Gasteiger charge is 2.12. The molecule has 0 radical (unpaired) electrons. The quantitative estimate of drug-likeness (QED) is 0.557. The Bertz CT molecular complexity index is 942. The summed E-state index contributed by atoms with van der Waals surface area (Å²) in [5.41, 5.74) is 2.11. The molecule has 3 aromatic rings. The monoisotopic (exact) mass is 346 g/mol. The summed E-state index contributed by atoms with van der Waals surface area (Å²) in [5.74, 6) is -0.332. The number of fused-ring (bicyclic) bond motifs is 1. The maximum Gasteiger partial charge on any atom is 0.335 e. The molecule has 118 valence electrons. The average Bonchev–Trinajstić information content (AvgIpc) is 2.80. The second-order valence-electron chi connectivity index (χ2n) is 5.13. The van der Waals surface area contributed by atoms with E-state index in [0.29, 0.717) is 16.3 Å². The number of hydrogen-bond acceptors (Lipinski definition) is 5. The minimum atomic E-state index is -0.941. The Balaban J connectivity index is 1.82. The number of thioether (sulfide) groups is 1. The maximum absolute atomic E-state index is 12.2. The van der Waals surface area contributed by atoms with E-state index in [4.69, 9.17) is 5.11 Å². The summed E-state index contributed by atoms with van der Waals surface area (Å²) in [6.07, 6.45) is 0. The van der Waals surface area contributed by atoms with Crippen molar-refractivity contribution in [3.8, 4) is 0 Å². The van der Waals surface area contributed by atoms with Crippen LogP contribution in [0.5, 0.6) is 0 Å². The number of carboxylic acids is 1. The third-order valence-corrected chi connectivity index (χ3v) is 5.64. The van der Waals surface area contributed by atoms with Crippen molar-refractivity contribution in [3.63, 3.8) is 0 Å². The molecule has 0 amide bonds. The highest BCUT2D eigenvalue weighted by atomic mass is 32.2. The zero-order valence-electron chi connectivity index (χ0n) is 12.5. The molecule has 0 saturated carbocycles. The van der Waals surface area contributed by atoms with Gasteiger partial charge < -0.3 is 10.1 Å². The normalized spacial score (nSPS) is 11.0. The van der Waals surface area contributed by atoms with Gasteiger partial charge in [-0.2, -0.15) is 0 Å². The van der Waals surface area contributed by atoms with Crippen LogP contribution >= 0.6 is 23.1 Å². The minimum Gasteiger partial charge on any atom is -0.478 e. The molecule has 2 N–H and O–H groups in total. The van der Waals surface area contributed by atoms with E-state index in [1.807, 2.05) is 13.8 Å². The fourth-order valence-corrected chi connectivity index (χ4v) is 4.10. The van der Waals surface area contributed by atoms with Crippen molar-refractivity contribution >= 4 is 39.3 Å². The van der Waals surface area contributed by atoms with Gasteiger partial charge in [0.05, 0.1) is 10.9 Å². The summed E-state index contributed by atoms with van der Waals surface area (Å²) < 4.78 is 0. The second kappa shape index (κ2) is 6.17. The van der Waals surface area contributed by atoms with Crippen molar-refractivity contribution < 1.29 is 9.90 Å². The molecule has 2 heterocycles. The number of thiophene rings is 1. The Morgan fingerprint density at radius 2 is 2.00 bits per heavy atom. The Morgan fingerprint density at radius 1 is 1.30 bits per heavy atom. The first-order valence-corrected chi connectivity index (χ1v) is 8.71. The van der Waals surface area contributed by atoms with Crippen LogP contribution in [0.25, 0.3) is 10.2 Å². The van der Waals surface area contributed by atoms with Crippen molar-refractivity contribution in [1.29, 1.82) is 0 Å². The summed E-state index contributed by atoms with van der Waals surface area (Å²) in [4.78, 5) is 32.2. The molecule has 0 aliphatic heterocycles. The van der Waals surface area contributed by atoms with Gasteiger partial charge in [0.2, 0.25) is 0 Å². The lowest BCUT2D eigenvalue weighted by molar-refractivity contribution is 0.0697. The molecule has 7 heteroatoms. The number of nitrogens with one attached hydrogen (secondary N) is 1. The van der Waals surface area contributed by atoms with Crippen LogP contribution in [0, 0.1) is 13.8 Å². The number of carbonyl (C=O) groups is 1. The molecule has 23 heavy (non-hydrogen) atoms. The number of aryl methyl sites for hydroxylation is 2. The Labute approximate surface area is 140 Å². The molecular formula is C16H14N2O3S2. The van der Waals surface area contributed by atoms with Crippen LogP contribution in [-0.2, 0) is 5.75 Å². The van der Waals surface area contributed by atoms with Crippen LogP contribution in [0.2, 0.25) is 0 Å². The molecule has 5 nitrogen and oxygen atoms in total. The van der Waals surface area contributed by atoms with Crippen molar-refractivity contribution in [2.24, 2.45) is 0 Å². The van der Waals surface area contributed by atoms with Crippen LogP contribution in [0.3, 0.4) is 0 Å². The van der Waals surface area contributed by atoms with Gasteiger partial charge in [0.25, 0.3) is 5.56 Å². The fraction of sp³-hybridized carbons (Fsp3) is 0.188. The summed E-state index contributed by atoms with van der Waals surface area (Å²) in [6.45, 7) is 3.92. The molecule has 3 rings (SSSR count). The lowest BCUT2D eigenvalue weighted by Crippen LogP contribution is -2.08. The second-order valence-corrected chi connectivity index (χ2v) is 7.29. The van der Waals surface area contributed by atoms with Crippen LogP contribution in [-0.4, -0.2) is 21.0 Å². The molecule has 0 spiro atoms. The smallest absolute Gasteiger partial charge is 0.335 e. The standard InChI is InChI=1S/C16H14N2O3S2/c1-8-9(2)23-14-12(8)13(19)17-16(18-14)22-7-10-3-5-11(6-4-10)15(20)21/h3-6H,7H2,1-2H3,(H,20,21)(H,17,18,19). The molecule has 1 aromatic carbocycles. The van der Waals surface area contributed by atoms with Crippen molar-refractivity contribution in [2.45, 2.75) is 24.8 Å². The van der Waals surface area contributed by atoms with E-state index >= 15 is 0 Å². The number of hydrogen-bond donors (Lipinski definition) is 2. The lowest BCUT2D eigenvalue weighted by Gasteiger charge is -2.02. The lowest BCUT2D eigenvalue weighted by atomic mass is 10.1. The van der Waals surface area contributed by atoms with Crippen molar-refractivity contribution in [1.82, 2.24) is 9.97 Å². The first-order valence-electron chi connectivity index (χ1n) is 6.91. The Morgan fingerprint density at radius 3 is 2.65 bits per heavy atom. The summed E-state index contributed by atoms with van der Waals surface area (Å²) in [5, 5.41) is 10.1. The van der Waals surface area contributed by atoms with Gasteiger partial charge in [-0.1, -0.05) is 23.9 Å². The van der Waals surface area contributed by atoms with E-state index in [0.717, 1.165) is 20.8 Å². The highest BCUT2D eigenvalue weighted by molar-refractivity contribution is 7.98. The van der Waals surface area contributed by atoms with Gasteiger partial charge in [-0.15, -0.1) is 11.3 Å². The van der Waals surface area contributed by atoms with E-state index in [1.165, 1.54) is 23.1 Å². The molecule has 0 fully saturated rings. The van der Waals surface area contributed by atoms with Crippen LogP contribution in [0.15, 0.2) is 34.2 Å².